The Labute approximate surface area is 146 Å². The number of pyridine rings is 2. The van der Waals surface area contributed by atoms with Gasteiger partial charge in [-0.05, 0) is 43.5 Å². The number of hydrogen-bond donors (Lipinski definition) is 1. The van der Waals surface area contributed by atoms with Crippen molar-refractivity contribution >= 4 is 17.5 Å². The predicted molar refractivity (Wildman–Crippen MR) is 96.6 cm³/mol. The monoisotopic (exact) mass is 335 g/mol. The molecule has 1 unspecified atom stereocenters. The first-order valence-electron chi connectivity index (χ1n) is 8.62. The van der Waals surface area contributed by atoms with Crippen molar-refractivity contribution in [1.29, 1.82) is 0 Å². The van der Waals surface area contributed by atoms with Gasteiger partial charge in [0.15, 0.2) is 5.82 Å². The van der Waals surface area contributed by atoms with Gasteiger partial charge in [0.1, 0.15) is 5.65 Å². The van der Waals surface area contributed by atoms with Crippen LogP contribution in [0.5, 0.6) is 0 Å². The van der Waals surface area contributed by atoms with E-state index in [9.17, 15) is 4.79 Å². The molecule has 4 rings (SSSR count). The quantitative estimate of drug-likeness (QED) is 0.799. The molecular weight excluding hydrogens is 314 g/mol. The largest absolute Gasteiger partial charge is 0.323 e. The van der Waals surface area contributed by atoms with Gasteiger partial charge in [0, 0.05) is 37.1 Å². The van der Waals surface area contributed by atoms with Crippen molar-refractivity contribution in [2.75, 3.05) is 11.9 Å². The molecule has 1 N–H and O–H groups in total. The van der Waals surface area contributed by atoms with Crippen LogP contribution >= 0.6 is 0 Å². The number of hydrogen-bond acceptors (Lipinski definition) is 3. The van der Waals surface area contributed by atoms with E-state index in [0.29, 0.717) is 5.82 Å². The van der Waals surface area contributed by atoms with Crippen molar-refractivity contribution in [3.63, 3.8) is 0 Å². The minimum absolute atomic E-state index is 0.0847. The Morgan fingerprint density at radius 2 is 2.20 bits per heavy atom. The zero-order chi connectivity index (χ0) is 17.2. The highest BCUT2D eigenvalue weighted by atomic mass is 16.2. The average molecular weight is 335 g/mol. The third kappa shape index (κ3) is 3.33. The summed E-state index contributed by atoms with van der Waals surface area (Å²) in [4.78, 5) is 23.5. The predicted octanol–water partition coefficient (Wildman–Crippen LogP) is 3.28. The lowest BCUT2D eigenvalue weighted by atomic mass is 10.1. The van der Waals surface area contributed by atoms with Gasteiger partial charge in [-0.2, -0.15) is 0 Å². The first-order valence-corrected chi connectivity index (χ1v) is 8.62. The van der Waals surface area contributed by atoms with Crippen LogP contribution in [0.2, 0.25) is 0 Å². The minimum atomic E-state index is -0.0847. The highest BCUT2D eigenvalue weighted by molar-refractivity contribution is 5.89. The molecule has 1 aliphatic rings. The van der Waals surface area contributed by atoms with Gasteiger partial charge in [0.2, 0.25) is 0 Å². The standard InChI is InChI=1S/C19H21N5O/c1-14-7-8-18-21-17(13-23(18)12-14)22-19(25)24-10-4-6-16(24)11-15-5-2-3-9-20-15/h2-3,5,7-9,12-13,16H,4,6,10-11H2,1H3,(H,22,25). The first kappa shape index (κ1) is 15.6. The van der Waals surface area contributed by atoms with Crippen LogP contribution in [0.15, 0.2) is 48.9 Å². The van der Waals surface area contributed by atoms with Crippen LogP contribution in [0.4, 0.5) is 10.6 Å². The van der Waals surface area contributed by atoms with E-state index in [4.69, 9.17) is 0 Å². The summed E-state index contributed by atoms with van der Waals surface area (Å²) in [7, 11) is 0. The molecule has 0 aliphatic carbocycles. The average Bonchev–Trinajstić information content (AvgIpc) is 3.21. The fraction of sp³-hybridized carbons (Fsp3) is 0.316. The SMILES string of the molecule is Cc1ccc2nc(NC(=O)N3CCCC3Cc3ccccn3)cn2c1. The number of rotatable bonds is 3. The molecule has 0 saturated carbocycles. The van der Waals surface area contributed by atoms with Crippen molar-refractivity contribution in [2.24, 2.45) is 0 Å². The molecule has 0 radical (unpaired) electrons. The van der Waals surface area contributed by atoms with E-state index >= 15 is 0 Å². The molecule has 25 heavy (non-hydrogen) atoms. The zero-order valence-electron chi connectivity index (χ0n) is 14.2. The number of amides is 2. The van der Waals surface area contributed by atoms with E-state index in [1.54, 1.807) is 6.20 Å². The van der Waals surface area contributed by atoms with Crippen LogP contribution in [0.3, 0.4) is 0 Å². The van der Waals surface area contributed by atoms with Crippen LogP contribution < -0.4 is 5.32 Å². The molecular formula is C19H21N5O. The maximum Gasteiger partial charge on any atom is 0.323 e. The number of imidazole rings is 1. The number of nitrogens with zero attached hydrogens (tertiary/aromatic N) is 4. The molecule has 1 saturated heterocycles. The summed E-state index contributed by atoms with van der Waals surface area (Å²) in [6.45, 7) is 2.81. The van der Waals surface area contributed by atoms with Crippen molar-refractivity contribution in [1.82, 2.24) is 19.3 Å². The smallest absolute Gasteiger partial charge is 0.321 e. The van der Waals surface area contributed by atoms with Gasteiger partial charge in [0.05, 0.1) is 6.20 Å². The third-order valence-electron chi connectivity index (χ3n) is 4.64. The van der Waals surface area contributed by atoms with Crippen molar-refractivity contribution in [3.05, 3.63) is 60.2 Å². The molecule has 1 fully saturated rings. The molecule has 6 nitrogen and oxygen atoms in total. The summed E-state index contributed by atoms with van der Waals surface area (Å²) in [6.07, 6.45) is 8.47. The summed E-state index contributed by atoms with van der Waals surface area (Å²) in [5.41, 5.74) is 3.00. The molecule has 0 aromatic carbocycles. The Kier molecular flexibility index (Phi) is 4.09. The number of aryl methyl sites for hydroxylation is 1. The normalized spacial score (nSPS) is 17.2. The summed E-state index contributed by atoms with van der Waals surface area (Å²) >= 11 is 0. The number of carbonyl (C=O) groups is 1. The van der Waals surface area contributed by atoms with E-state index in [0.717, 1.165) is 42.7 Å². The van der Waals surface area contributed by atoms with Crippen LogP contribution in [0.1, 0.15) is 24.1 Å². The lowest BCUT2D eigenvalue weighted by Gasteiger charge is -2.24. The molecule has 128 valence electrons. The van der Waals surface area contributed by atoms with Gasteiger partial charge in [-0.25, -0.2) is 9.78 Å². The Balaban J connectivity index is 1.47. The van der Waals surface area contributed by atoms with Crippen LogP contribution in [0, 0.1) is 6.92 Å². The topological polar surface area (TPSA) is 62.5 Å². The number of aromatic nitrogens is 3. The summed E-state index contributed by atoms with van der Waals surface area (Å²) < 4.78 is 1.93. The Hall–Kier alpha value is -2.89. The molecule has 0 spiro atoms. The number of urea groups is 1. The van der Waals surface area contributed by atoms with Crippen molar-refractivity contribution in [3.8, 4) is 0 Å². The highest BCUT2D eigenvalue weighted by Crippen LogP contribution is 2.22. The Morgan fingerprint density at radius 1 is 1.28 bits per heavy atom. The van der Waals surface area contributed by atoms with Gasteiger partial charge >= 0.3 is 6.03 Å². The molecule has 3 aromatic heterocycles. The maximum absolute atomic E-state index is 12.7. The second-order valence-corrected chi connectivity index (χ2v) is 6.54. The first-order chi connectivity index (χ1) is 12.2. The minimum Gasteiger partial charge on any atom is -0.321 e. The number of anilines is 1. The van der Waals surface area contributed by atoms with Gasteiger partial charge < -0.3 is 9.30 Å². The van der Waals surface area contributed by atoms with E-state index in [2.05, 4.69) is 15.3 Å². The summed E-state index contributed by atoms with van der Waals surface area (Å²) in [5, 5.41) is 2.94. The molecule has 4 heterocycles. The molecule has 3 aromatic rings. The van der Waals surface area contributed by atoms with E-state index in [1.165, 1.54) is 0 Å². The number of nitrogens with one attached hydrogen (secondary N) is 1. The fourth-order valence-electron chi connectivity index (χ4n) is 3.42. The van der Waals surface area contributed by atoms with E-state index in [1.807, 2.05) is 58.9 Å². The second kappa shape index (κ2) is 6.55. The van der Waals surface area contributed by atoms with E-state index < -0.39 is 0 Å². The summed E-state index contributed by atoms with van der Waals surface area (Å²) in [6, 6.07) is 9.97. The van der Waals surface area contributed by atoms with Gasteiger partial charge in [0.25, 0.3) is 0 Å². The molecule has 1 aliphatic heterocycles. The molecule has 2 amide bonds. The highest BCUT2D eigenvalue weighted by Gasteiger charge is 2.29. The fourth-order valence-corrected chi connectivity index (χ4v) is 3.42. The lowest BCUT2D eigenvalue weighted by Crippen LogP contribution is -2.40. The number of fused-ring (bicyclic) bond motifs is 1. The van der Waals surface area contributed by atoms with Crippen LogP contribution in [-0.2, 0) is 6.42 Å². The van der Waals surface area contributed by atoms with Crippen molar-refractivity contribution in [2.45, 2.75) is 32.2 Å². The van der Waals surface area contributed by atoms with Gasteiger partial charge in [-0.3, -0.25) is 10.3 Å². The second-order valence-electron chi connectivity index (χ2n) is 6.54. The Bertz CT molecular complexity index is 889. The summed E-state index contributed by atoms with van der Waals surface area (Å²) in [5.74, 6) is 0.582. The third-order valence-corrected chi connectivity index (χ3v) is 4.64. The Morgan fingerprint density at radius 3 is 3.04 bits per heavy atom. The van der Waals surface area contributed by atoms with Crippen molar-refractivity contribution < 1.29 is 4.79 Å². The van der Waals surface area contributed by atoms with E-state index in [-0.39, 0.29) is 12.1 Å². The van der Waals surface area contributed by atoms with Crippen LogP contribution in [-0.4, -0.2) is 37.9 Å². The number of likely N-dealkylation sites (tertiary alicyclic amines) is 1. The molecule has 1 atom stereocenters. The van der Waals surface area contributed by atoms with Gasteiger partial charge in [-0.1, -0.05) is 12.1 Å². The maximum atomic E-state index is 12.7. The van der Waals surface area contributed by atoms with Crippen LogP contribution in [0.25, 0.3) is 5.65 Å². The molecule has 0 bridgehead atoms. The molecule has 6 heteroatoms. The van der Waals surface area contributed by atoms with Gasteiger partial charge in [-0.15, -0.1) is 0 Å². The zero-order valence-corrected chi connectivity index (χ0v) is 14.2. The lowest BCUT2D eigenvalue weighted by molar-refractivity contribution is 0.206. The number of carbonyl (C=O) groups excluding carboxylic acids is 1.